The Morgan fingerprint density at radius 1 is 1.07 bits per heavy atom. The first-order valence-electron chi connectivity index (χ1n) is 3.53. The number of hydrogen-bond donors (Lipinski definition) is 4. The molecule has 0 aromatic rings. The van der Waals surface area contributed by atoms with Crippen LogP contribution >= 0.6 is 0 Å². The Labute approximate surface area is 101 Å². The number of rotatable bonds is 1. The summed E-state index contributed by atoms with van der Waals surface area (Å²) < 4.78 is 4.28. The summed E-state index contributed by atoms with van der Waals surface area (Å²) in [5.74, 6) is -1.77. The van der Waals surface area contributed by atoms with Gasteiger partial charge in [0.25, 0.3) is 0 Å². The molecule has 0 saturated carbocycles. The normalized spacial score (nSPS) is 42.7. The van der Waals surface area contributed by atoms with Gasteiger partial charge in [0.1, 0.15) is 24.4 Å². The Morgan fingerprint density at radius 2 is 1.57 bits per heavy atom. The molecule has 0 radical (unpaired) electrons. The fourth-order valence-corrected chi connectivity index (χ4v) is 1.06. The molecule has 1 fully saturated rings. The molecule has 0 amide bonds. The predicted octanol–water partition coefficient (Wildman–Crippen LogP) is -7.46. The molecular formula is C6H9NaO7. The van der Waals surface area contributed by atoms with Gasteiger partial charge in [0.05, 0.1) is 5.97 Å². The standard InChI is InChI=1S/C6H10O7.Na/c7-1-2(8)4(5(10)11)13-6(12)3(1)9;/h1-4,6-9,12H,(H,10,11);/q;+1/p-1/t1-,2-,3+,4-,6?;/m0./s1. The third kappa shape index (κ3) is 2.65. The molecule has 14 heavy (non-hydrogen) atoms. The first kappa shape index (κ1) is 14.3. The van der Waals surface area contributed by atoms with Gasteiger partial charge in [-0.15, -0.1) is 0 Å². The second-order valence-corrected chi connectivity index (χ2v) is 2.74. The maximum atomic E-state index is 10.3. The van der Waals surface area contributed by atoms with E-state index in [2.05, 4.69) is 4.74 Å². The van der Waals surface area contributed by atoms with E-state index in [1.54, 1.807) is 0 Å². The Hall–Kier alpha value is 0.270. The Morgan fingerprint density at radius 3 is 2.00 bits per heavy atom. The van der Waals surface area contributed by atoms with Crippen molar-refractivity contribution in [2.45, 2.75) is 30.7 Å². The zero-order chi connectivity index (χ0) is 10.2. The maximum Gasteiger partial charge on any atom is 1.00 e. The van der Waals surface area contributed by atoms with Crippen molar-refractivity contribution in [3.8, 4) is 0 Å². The molecule has 0 bridgehead atoms. The van der Waals surface area contributed by atoms with Crippen molar-refractivity contribution in [2.75, 3.05) is 0 Å². The van der Waals surface area contributed by atoms with E-state index < -0.39 is 36.7 Å². The maximum absolute atomic E-state index is 10.3. The van der Waals surface area contributed by atoms with Crippen molar-refractivity contribution in [1.82, 2.24) is 0 Å². The Kier molecular flexibility index (Phi) is 5.48. The first-order chi connectivity index (χ1) is 5.95. The van der Waals surface area contributed by atoms with E-state index in [1.165, 1.54) is 0 Å². The number of carboxylic acids is 1. The number of hydrogen-bond acceptors (Lipinski definition) is 7. The van der Waals surface area contributed by atoms with E-state index >= 15 is 0 Å². The molecule has 1 rings (SSSR count). The summed E-state index contributed by atoms with van der Waals surface area (Å²) in [5.41, 5.74) is 0. The van der Waals surface area contributed by atoms with E-state index in [-0.39, 0.29) is 29.6 Å². The molecule has 0 aliphatic carbocycles. The molecule has 1 aliphatic rings. The van der Waals surface area contributed by atoms with Crippen LogP contribution in [0.5, 0.6) is 0 Å². The van der Waals surface area contributed by atoms with Crippen LogP contribution in [0, 0.1) is 0 Å². The first-order valence-corrected chi connectivity index (χ1v) is 3.53. The summed E-state index contributed by atoms with van der Waals surface area (Å²) in [5, 5.41) is 46.1. The van der Waals surface area contributed by atoms with Crippen molar-refractivity contribution in [2.24, 2.45) is 0 Å². The molecule has 1 saturated heterocycles. The van der Waals surface area contributed by atoms with Crippen molar-refractivity contribution in [3.05, 3.63) is 0 Å². The van der Waals surface area contributed by atoms with E-state index in [0.29, 0.717) is 0 Å². The molecular weight excluding hydrogens is 207 g/mol. The van der Waals surface area contributed by atoms with Crippen LogP contribution in [0.25, 0.3) is 0 Å². The van der Waals surface area contributed by atoms with E-state index in [1.807, 2.05) is 0 Å². The minimum Gasteiger partial charge on any atom is -0.547 e. The molecule has 4 N–H and O–H groups in total. The van der Waals surface area contributed by atoms with Gasteiger partial charge in [0, 0.05) is 0 Å². The van der Waals surface area contributed by atoms with Crippen LogP contribution in [0.15, 0.2) is 0 Å². The third-order valence-corrected chi connectivity index (χ3v) is 1.82. The Bertz CT molecular complexity index is 210. The summed E-state index contributed by atoms with van der Waals surface area (Å²) in [7, 11) is 0. The molecule has 76 valence electrons. The van der Waals surface area contributed by atoms with Crippen molar-refractivity contribution in [1.29, 1.82) is 0 Å². The number of ether oxygens (including phenoxy) is 1. The smallest absolute Gasteiger partial charge is 0.547 e. The molecule has 0 aromatic heterocycles. The summed E-state index contributed by atoms with van der Waals surface area (Å²) >= 11 is 0. The zero-order valence-electron chi connectivity index (χ0n) is 7.40. The second kappa shape index (κ2) is 5.38. The zero-order valence-corrected chi connectivity index (χ0v) is 9.40. The number of aliphatic hydroxyl groups excluding tert-OH is 4. The summed E-state index contributed by atoms with van der Waals surface area (Å²) in [4.78, 5) is 10.3. The quantitative estimate of drug-likeness (QED) is 0.320. The van der Waals surface area contributed by atoms with Gasteiger partial charge in [-0.3, -0.25) is 0 Å². The van der Waals surface area contributed by atoms with Gasteiger partial charge < -0.3 is 35.1 Å². The fraction of sp³-hybridized carbons (Fsp3) is 0.833. The molecule has 0 aromatic carbocycles. The second-order valence-electron chi connectivity index (χ2n) is 2.74. The largest absolute Gasteiger partial charge is 1.00 e. The SMILES string of the molecule is O=C([O-])[C@H]1OC(O)[C@H](O)[C@@H](O)[C@@H]1O.[Na+]. The van der Waals surface area contributed by atoms with Crippen LogP contribution in [0.2, 0.25) is 0 Å². The van der Waals surface area contributed by atoms with Crippen LogP contribution in [0.3, 0.4) is 0 Å². The number of carbonyl (C=O) groups excluding carboxylic acids is 1. The van der Waals surface area contributed by atoms with Crippen LogP contribution in [-0.4, -0.2) is 57.1 Å². The van der Waals surface area contributed by atoms with Gasteiger partial charge in [-0.1, -0.05) is 0 Å². The van der Waals surface area contributed by atoms with E-state index in [4.69, 9.17) is 20.4 Å². The Balaban J connectivity index is 0.00000169. The molecule has 7 nitrogen and oxygen atoms in total. The number of aliphatic hydroxyl groups is 4. The third-order valence-electron chi connectivity index (χ3n) is 1.82. The van der Waals surface area contributed by atoms with Gasteiger partial charge in [-0.05, 0) is 0 Å². The molecule has 1 heterocycles. The van der Waals surface area contributed by atoms with Crippen LogP contribution < -0.4 is 34.7 Å². The number of carboxylic acid groups (broad SMARTS) is 1. The summed E-state index contributed by atoms with van der Waals surface area (Å²) in [6, 6.07) is 0. The van der Waals surface area contributed by atoms with Crippen molar-refractivity contribution >= 4 is 5.97 Å². The number of aliphatic carboxylic acids is 1. The van der Waals surface area contributed by atoms with Gasteiger partial charge in [0.2, 0.25) is 0 Å². The summed E-state index contributed by atoms with van der Waals surface area (Å²) in [6.45, 7) is 0. The number of carbonyl (C=O) groups is 1. The van der Waals surface area contributed by atoms with E-state index in [9.17, 15) is 9.90 Å². The molecule has 0 spiro atoms. The summed E-state index contributed by atoms with van der Waals surface area (Å²) in [6.07, 6.45) is -9.00. The fourth-order valence-electron chi connectivity index (χ4n) is 1.06. The molecule has 8 heteroatoms. The van der Waals surface area contributed by atoms with Crippen LogP contribution in [0.4, 0.5) is 0 Å². The van der Waals surface area contributed by atoms with Gasteiger partial charge in [-0.25, -0.2) is 0 Å². The molecule has 1 aliphatic heterocycles. The van der Waals surface area contributed by atoms with Crippen molar-refractivity contribution < 1.29 is 64.6 Å². The monoisotopic (exact) mass is 216 g/mol. The van der Waals surface area contributed by atoms with Gasteiger partial charge in [0.15, 0.2) is 6.29 Å². The van der Waals surface area contributed by atoms with Crippen LogP contribution in [0.1, 0.15) is 0 Å². The average Bonchev–Trinajstić information content (AvgIpc) is 2.07. The minimum atomic E-state index is -1.85. The van der Waals surface area contributed by atoms with Gasteiger partial charge in [-0.2, -0.15) is 0 Å². The topological polar surface area (TPSA) is 130 Å². The molecule has 1 unspecified atom stereocenters. The van der Waals surface area contributed by atoms with Crippen LogP contribution in [-0.2, 0) is 9.53 Å². The van der Waals surface area contributed by atoms with E-state index in [0.717, 1.165) is 0 Å². The van der Waals surface area contributed by atoms with Gasteiger partial charge >= 0.3 is 29.6 Å². The predicted molar refractivity (Wildman–Crippen MR) is 33.9 cm³/mol. The van der Waals surface area contributed by atoms with Crippen molar-refractivity contribution in [3.63, 3.8) is 0 Å². The average molecular weight is 216 g/mol. The minimum absolute atomic E-state index is 0. The molecule has 5 atom stereocenters.